The molecular weight excluding hydrogens is 424 g/mol. The first kappa shape index (κ1) is 21.2. The normalized spacial score (nSPS) is 17.9. The Morgan fingerprint density at radius 2 is 2.00 bits per heavy atom. The average Bonchev–Trinajstić information content (AvgIpc) is 3.37. The van der Waals surface area contributed by atoms with Crippen LogP contribution in [0.4, 0.5) is 5.82 Å². The Hall–Kier alpha value is -4.00. The van der Waals surface area contributed by atoms with Crippen LogP contribution >= 0.6 is 0 Å². The van der Waals surface area contributed by atoms with Crippen molar-refractivity contribution in [2.24, 2.45) is 0 Å². The topological polar surface area (TPSA) is 160 Å². The summed E-state index contributed by atoms with van der Waals surface area (Å²) in [6.45, 7) is 1.25. The molecule has 2 atom stereocenters. The SMILES string of the molecule is COc1ccc(C(=O)Nc2nn(O)c3c(=O)n(C4[CH][CH]C(COC(C)=O)O4)nnc23)cc1. The van der Waals surface area contributed by atoms with Crippen molar-refractivity contribution in [3.63, 3.8) is 0 Å². The van der Waals surface area contributed by atoms with Gasteiger partial charge in [-0.15, -0.1) is 10.2 Å². The van der Waals surface area contributed by atoms with Crippen molar-refractivity contribution in [3.05, 3.63) is 53.0 Å². The third-order valence-electron chi connectivity index (χ3n) is 4.58. The van der Waals surface area contributed by atoms with Crippen LogP contribution in [0.3, 0.4) is 0 Å². The van der Waals surface area contributed by atoms with Crippen LogP contribution in [0, 0.1) is 12.8 Å². The van der Waals surface area contributed by atoms with E-state index in [9.17, 15) is 19.6 Å². The van der Waals surface area contributed by atoms with Gasteiger partial charge >= 0.3 is 11.5 Å². The van der Waals surface area contributed by atoms with Crippen molar-refractivity contribution in [1.29, 1.82) is 0 Å². The summed E-state index contributed by atoms with van der Waals surface area (Å²) in [6.07, 6.45) is 1.67. The Morgan fingerprint density at radius 1 is 1.25 bits per heavy atom. The monoisotopic (exact) mass is 442 g/mol. The number of amides is 1. The first-order valence-corrected chi connectivity index (χ1v) is 9.37. The number of esters is 1. The first-order chi connectivity index (χ1) is 15.4. The van der Waals surface area contributed by atoms with Crippen molar-refractivity contribution in [1.82, 2.24) is 24.9 Å². The lowest BCUT2D eigenvalue weighted by atomic mass is 10.2. The predicted octanol–water partition coefficient (Wildman–Crippen LogP) is 0.355. The molecule has 13 nitrogen and oxygen atoms in total. The van der Waals surface area contributed by atoms with Crippen LogP contribution in [0.1, 0.15) is 23.5 Å². The summed E-state index contributed by atoms with van der Waals surface area (Å²) in [5.41, 5.74) is -0.853. The second-order valence-electron chi connectivity index (χ2n) is 6.71. The van der Waals surface area contributed by atoms with E-state index in [4.69, 9.17) is 14.2 Å². The molecule has 0 saturated carbocycles. The van der Waals surface area contributed by atoms with Gasteiger partial charge in [-0.05, 0) is 24.3 Å². The molecule has 13 heteroatoms. The van der Waals surface area contributed by atoms with Gasteiger partial charge in [0.05, 0.1) is 13.2 Å². The maximum absolute atomic E-state index is 12.9. The van der Waals surface area contributed by atoms with E-state index in [-0.39, 0.29) is 23.5 Å². The number of carbonyl (C=O) groups is 2. The van der Waals surface area contributed by atoms with Crippen LogP contribution in [0.25, 0.3) is 11.0 Å². The number of ether oxygens (including phenoxy) is 3. The van der Waals surface area contributed by atoms with Gasteiger partial charge in [0, 0.05) is 25.3 Å². The fraction of sp³-hybridized carbons (Fsp3) is 0.263. The van der Waals surface area contributed by atoms with Crippen LogP contribution in [0.15, 0.2) is 29.1 Å². The van der Waals surface area contributed by atoms with Gasteiger partial charge in [0.15, 0.2) is 23.1 Å². The van der Waals surface area contributed by atoms with Crippen molar-refractivity contribution < 1.29 is 29.0 Å². The third kappa shape index (κ3) is 4.09. The minimum absolute atomic E-state index is 0.0216. The van der Waals surface area contributed by atoms with Gasteiger partial charge in [0.25, 0.3) is 5.91 Å². The molecule has 0 spiro atoms. The summed E-state index contributed by atoms with van der Waals surface area (Å²) in [5.74, 6) is -0.557. The van der Waals surface area contributed by atoms with E-state index in [1.54, 1.807) is 37.1 Å². The smallest absolute Gasteiger partial charge is 0.302 e. The number of aromatic nitrogens is 5. The van der Waals surface area contributed by atoms with Crippen molar-refractivity contribution in [2.75, 3.05) is 19.0 Å². The van der Waals surface area contributed by atoms with Gasteiger partial charge in [-0.25, -0.2) is 0 Å². The van der Waals surface area contributed by atoms with Crippen LogP contribution in [-0.4, -0.2) is 61.8 Å². The van der Waals surface area contributed by atoms with Crippen LogP contribution in [0.2, 0.25) is 0 Å². The summed E-state index contributed by atoms with van der Waals surface area (Å²) >= 11 is 0. The third-order valence-corrected chi connectivity index (χ3v) is 4.58. The van der Waals surface area contributed by atoms with Crippen LogP contribution < -0.4 is 15.6 Å². The molecule has 2 radical (unpaired) electrons. The fourth-order valence-electron chi connectivity index (χ4n) is 3.02. The number of benzene rings is 1. The van der Waals surface area contributed by atoms with Gasteiger partial charge in [-0.1, -0.05) is 10.1 Å². The van der Waals surface area contributed by atoms with Gasteiger partial charge in [-0.2, -0.15) is 4.68 Å². The van der Waals surface area contributed by atoms with E-state index in [1.807, 2.05) is 0 Å². The Morgan fingerprint density at radius 3 is 2.69 bits per heavy atom. The number of methoxy groups -OCH3 is 1. The summed E-state index contributed by atoms with van der Waals surface area (Å²) in [4.78, 5) is 36.6. The maximum Gasteiger partial charge on any atom is 0.302 e. The molecule has 2 N–H and O–H groups in total. The molecule has 3 heterocycles. The zero-order valence-corrected chi connectivity index (χ0v) is 17.0. The molecule has 1 fully saturated rings. The quantitative estimate of drug-likeness (QED) is 0.403. The Bertz CT molecular complexity index is 1220. The molecule has 1 aliphatic heterocycles. The summed E-state index contributed by atoms with van der Waals surface area (Å²) in [5, 5.41) is 24.1. The number of hydrogen-bond donors (Lipinski definition) is 2. The number of nitrogens with one attached hydrogen (secondary N) is 1. The van der Waals surface area contributed by atoms with Crippen molar-refractivity contribution in [2.45, 2.75) is 19.3 Å². The largest absolute Gasteiger partial charge is 0.497 e. The maximum atomic E-state index is 12.9. The Kier molecular flexibility index (Phi) is 5.73. The van der Waals surface area contributed by atoms with Crippen molar-refractivity contribution >= 4 is 28.7 Å². The molecule has 1 aromatic carbocycles. The molecular formula is C19H18N6O7. The zero-order valence-electron chi connectivity index (χ0n) is 17.0. The van der Waals surface area contributed by atoms with Crippen LogP contribution in [-0.2, 0) is 14.3 Å². The van der Waals surface area contributed by atoms with Gasteiger partial charge in [0.1, 0.15) is 12.4 Å². The van der Waals surface area contributed by atoms with E-state index in [1.165, 1.54) is 14.0 Å². The second kappa shape index (κ2) is 8.63. The number of rotatable bonds is 6. The van der Waals surface area contributed by atoms with Gasteiger partial charge < -0.3 is 24.7 Å². The van der Waals surface area contributed by atoms with Crippen molar-refractivity contribution in [3.8, 4) is 5.75 Å². The van der Waals surface area contributed by atoms with E-state index in [2.05, 4.69) is 20.7 Å². The second-order valence-corrected chi connectivity index (χ2v) is 6.71. The lowest BCUT2D eigenvalue weighted by Gasteiger charge is -2.14. The molecule has 1 amide bonds. The highest BCUT2D eigenvalue weighted by molar-refractivity contribution is 6.07. The molecule has 0 bridgehead atoms. The number of anilines is 1. The minimum atomic E-state index is -0.924. The zero-order chi connectivity index (χ0) is 22.8. The molecule has 32 heavy (non-hydrogen) atoms. The van der Waals surface area contributed by atoms with E-state index >= 15 is 0 Å². The van der Waals surface area contributed by atoms with E-state index < -0.39 is 29.8 Å². The minimum Gasteiger partial charge on any atom is -0.497 e. The van der Waals surface area contributed by atoms with E-state index in [0.717, 1.165) is 4.68 Å². The van der Waals surface area contributed by atoms with Gasteiger partial charge in [0.2, 0.25) is 0 Å². The number of fused-ring (bicyclic) bond motifs is 1. The number of nitrogens with zero attached hydrogens (tertiary/aromatic N) is 5. The first-order valence-electron chi connectivity index (χ1n) is 9.37. The predicted molar refractivity (Wildman–Crippen MR) is 107 cm³/mol. The van der Waals surface area contributed by atoms with Crippen LogP contribution in [0.5, 0.6) is 5.75 Å². The summed E-state index contributed by atoms with van der Waals surface area (Å²) in [7, 11) is 1.51. The highest BCUT2D eigenvalue weighted by Crippen LogP contribution is 2.26. The molecule has 3 aromatic rings. The highest BCUT2D eigenvalue weighted by Gasteiger charge is 2.31. The molecule has 1 saturated heterocycles. The molecule has 2 unspecified atom stereocenters. The lowest BCUT2D eigenvalue weighted by molar-refractivity contribution is -0.145. The summed E-state index contributed by atoms with van der Waals surface area (Å²) < 4.78 is 16.4. The molecule has 2 aromatic heterocycles. The van der Waals surface area contributed by atoms with E-state index in [0.29, 0.717) is 16.2 Å². The van der Waals surface area contributed by atoms with Gasteiger partial charge in [-0.3, -0.25) is 14.4 Å². The average molecular weight is 442 g/mol. The Balaban J connectivity index is 1.56. The Labute approximate surface area is 180 Å². The number of hydrogen-bond acceptors (Lipinski definition) is 10. The number of carbonyl (C=O) groups excluding carboxylic acids is 2. The lowest BCUT2D eigenvalue weighted by Crippen LogP contribution is -2.30. The molecule has 166 valence electrons. The summed E-state index contributed by atoms with van der Waals surface area (Å²) in [6, 6.07) is 6.31. The highest BCUT2D eigenvalue weighted by atomic mass is 16.6. The molecule has 4 rings (SSSR count). The standard InChI is InChI=1S/C19H18N6O7/c1-10(26)31-9-13-7-8-14(32-13)24-19(28)16-15(21-23-24)17(22-25(16)29)20-18(27)11-3-5-12(30-2)6-4-11/h3-8,13-14,29H,9H2,1-2H3,(H,20,22,27). The molecule has 1 aliphatic rings. The fourth-order valence-corrected chi connectivity index (χ4v) is 3.02. The molecule has 0 aliphatic carbocycles.